The van der Waals surface area contributed by atoms with E-state index in [2.05, 4.69) is 35.2 Å². The normalized spacial score (nSPS) is 23.9. The van der Waals surface area contributed by atoms with E-state index in [0.29, 0.717) is 11.8 Å². The lowest BCUT2D eigenvalue weighted by Crippen LogP contribution is -2.33. The fourth-order valence-corrected chi connectivity index (χ4v) is 3.99. The Morgan fingerprint density at radius 3 is 2.00 bits per heavy atom. The first-order chi connectivity index (χ1) is 11.3. The van der Waals surface area contributed by atoms with Crippen LogP contribution < -0.4 is 0 Å². The minimum Gasteiger partial charge on any atom is -0.338 e. The van der Waals surface area contributed by atoms with Crippen molar-refractivity contribution in [3.63, 3.8) is 0 Å². The molecular weight excluding hydrogens is 284 g/mol. The Morgan fingerprint density at radius 2 is 1.39 bits per heavy atom. The number of likely N-dealkylation sites (tertiary alicyclic amines) is 2. The minimum atomic E-state index is 0.189. The minimum absolute atomic E-state index is 0.189. The summed E-state index contributed by atoms with van der Waals surface area (Å²) in [6, 6.07) is 20.3. The van der Waals surface area contributed by atoms with Crippen LogP contribution >= 0.6 is 0 Å². The van der Waals surface area contributed by atoms with Gasteiger partial charge in [-0.05, 0) is 29.5 Å². The summed E-state index contributed by atoms with van der Waals surface area (Å²) in [6.07, 6.45) is 0. The Hall–Kier alpha value is -2.13. The second-order valence-electron chi connectivity index (χ2n) is 6.78. The molecule has 0 spiro atoms. The number of carbonyl (C=O) groups excluding carboxylic acids is 1. The van der Waals surface area contributed by atoms with Crippen molar-refractivity contribution in [3.8, 4) is 0 Å². The Bertz CT molecular complexity index is 657. The molecule has 4 rings (SSSR count). The maximum absolute atomic E-state index is 12.6. The van der Waals surface area contributed by atoms with Crippen LogP contribution in [-0.2, 0) is 6.54 Å². The van der Waals surface area contributed by atoms with Crippen molar-refractivity contribution in [2.24, 2.45) is 11.8 Å². The predicted molar refractivity (Wildman–Crippen MR) is 91.0 cm³/mol. The van der Waals surface area contributed by atoms with Crippen LogP contribution in [0.3, 0.4) is 0 Å². The van der Waals surface area contributed by atoms with Crippen LogP contribution in [0.1, 0.15) is 15.9 Å². The van der Waals surface area contributed by atoms with Crippen LogP contribution in [0.5, 0.6) is 0 Å². The van der Waals surface area contributed by atoms with Crippen molar-refractivity contribution in [3.05, 3.63) is 71.8 Å². The molecule has 0 radical (unpaired) electrons. The molecule has 2 unspecified atom stereocenters. The molecule has 23 heavy (non-hydrogen) atoms. The van der Waals surface area contributed by atoms with Gasteiger partial charge in [0.15, 0.2) is 0 Å². The lowest BCUT2D eigenvalue weighted by Gasteiger charge is -2.21. The van der Waals surface area contributed by atoms with Crippen molar-refractivity contribution in [1.29, 1.82) is 0 Å². The standard InChI is InChI=1S/C20H22N2O/c23-20(17-9-5-2-6-10-17)22-14-18-12-21(13-19(18)15-22)11-16-7-3-1-4-8-16/h1-10,18-19H,11-15H2. The number of fused-ring (bicyclic) bond motifs is 1. The molecule has 118 valence electrons. The molecule has 2 heterocycles. The molecule has 0 saturated carbocycles. The Morgan fingerprint density at radius 1 is 0.826 bits per heavy atom. The Labute approximate surface area is 137 Å². The lowest BCUT2D eigenvalue weighted by atomic mass is 10.0. The first-order valence-electron chi connectivity index (χ1n) is 8.40. The highest BCUT2D eigenvalue weighted by Crippen LogP contribution is 2.32. The molecule has 2 aliphatic heterocycles. The van der Waals surface area contributed by atoms with Gasteiger partial charge in [-0.15, -0.1) is 0 Å². The summed E-state index contributed by atoms with van der Waals surface area (Å²) in [5.41, 5.74) is 2.19. The highest BCUT2D eigenvalue weighted by atomic mass is 16.2. The number of rotatable bonds is 3. The van der Waals surface area contributed by atoms with E-state index in [4.69, 9.17) is 0 Å². The fraction of sp³-hybridized carbons (Fsp3) is 0.350. The molecule has 0 N–H and O–H groups in total. The number of carbonyl (C=O) groups is 1. The third-order valence-corrected chi connectivity index (χ3v) is 5.12. The average molecular weight is 306 g/mol. The SMILES string of the molecule is O=C(c1ccccc1)N1CC2CN(Cc3ccccc3)CC2C1. The number of hydrogen-bond donors (Lipinski definition) is 0. The third-order valence-electron chi connectivity index (χ3n) is 5.12. The van der Waals surface area contributed by atoms with Crippen LogP contribution in [0, 0.1) is 11.8 Å². The van der Waals surface area contributed by atoms with Gasteiger partial charge >= 0.3 is 0 Å². The molecule has 3 nitrogen and oxygen atoms in total. The summed E-state index contributed by atoms with van der Waals surface area (Å²) in [5, 5.41) is 0. The maximum atomic E-state index is 12.6. The van der Waals surface area contributed by atoms with Crippen LogP contribution in [0.2, 0.25) is 0 Å². The van der Waals surface area contributed by atoms with Crippen molar-refractivity contribution in [2.45, 2.75) is 6.54 Å². The van der Waals surface area contributed by atoms with Gasteiger partial charge in [-0.25, -0.2) is 0 Å². The van der Waals surface area contributed by atoms with Crippen molar-refractivity contribution < 1.29 is 4.79 Å². The molecule has 0 aromatic heterocycles. The van der Waals surface area contributed by atoms with E-state index < -0.39 is 0 Å². The van der Waals surface area contributed by atoms with Crippen LogP contribution in [0.4, 0.5) is 0 Å². The third kappa shape index (κ3) is 3.02. The first-order valence-corrected chi connectivity index (χ1v) is 8.40. The van der Waals surface area contributed by atoms with E-state index in [1.807, 2.05) is 35.2 Å². The molecule has 2 saturated heterocycles. The maximum Gasteiger partial charge on any atom is 0.253 e. The van der Waals surface area contributed by atoms with Crippen molar-refractivity contribution >= 4 is 5.91 Å². The molecule has 2 aromatic carbocycles. The summed E-state index contributed by atoms with van der Waals surface area (Å²) in [4.78, 5) is 17.1. The van der Waals surface area contributed by atoms with Crippen LogP contribution in [0.25, 0.3) is 0 Å². The van der Waals surface area contributed by atoms with Crippen molar-refractivity contribution in [1.82, 2.24) is 9.80 Å². The number of hydrogen-bond acceptors (Lipinski definition) is 2. The van der Waals surface area contributed by atoms with Gasteiger partial charge in [0.25, 0.3) is 5.91 Å². The molecular formula is C20H22N2O. The van der Waals surface area contributed by atoms with Gasteiger partial charge in [-0.3, -0.25) is 9.69 Å². The molecule has 0 aliphatic carbocycles. The quantitative estimate of drug-likeness (QED) is 0.870. The van der Waals surface area contributed by atoms with Gasteiger partial charge in [0, 0.05) is 38.3 Å². The van der Waals surface area contributed by atoms with Gasteiger partial charge in [0.1, 0.15) is 0 Å². The molecule has 1 amide bonds. The van der Waals surface area contributed by atoms with E-state index in [-0.39, 0.29) is 5.91 Å². The summed E-state index contributed by atoms with van der Waals surface area (Å²) >= 11 is 0. The smallest absolute Gasteiger partial charge is 0.253 e. The first kappa shape index (κ1) is 14.5. The molecule has 0 bridgehead atoms. The van der Waals surface area contributed by atoms with Crippen molar-refractivity contribution in [2.75, 3.05) is 26.2 Å². The number of nitrogens with zero attached hydrogens (tertiary/aromatic N) is 2. The summed E-state index contributed by atoms with van der Waals surface area (Å²) in [6.45, 7) is 5.06. The average Bonchev–Trinajstić information content (AvgIpc) is 3.14. The lowest BCUT2D eigenvalue weighted by molar-refractivity contribution is 0.0773. The van der Waals surface area contributed by atoms with E-state index in [1.54, 1.807) is 0 Å². The van der Waals surface area contributed by atoms with Gasteiger partial charge < -0.3 is 4.90 Å². The van der Waals surface area contributed by atoms with Crippen LogP contribution in [-0.4, -0.2) is 41.9 Å². The molecule has 3 heteroatoms. The zero-order chi connectivity index (χ0) is 15.6. The molecule has 2 aliphatic rings. The monoisotopic (exact) mass is 306 g/mol. The van der Waals surface area contributed by atoms with Crippen LogP contribution in [0.15, 0.2) is 60.7 Å². The largest absolute Gasteiger partial charge is 0.338 e. The predicted octanol–water partition coefficient (Wildman–Crippen LogP) is 2.89. The Balaban J connectivity index is 1.36. The van der Waals surface area contributed by atoms with Gasteiger partial charge in [0.05, 0.1) is 0 Å². The topological polar surface area (TPSA) is 23.6 Å². The zero-order valence-electron chi connectivity index (χ0n) is 13.3. The number of benzene rings is 2. The Kier molecular flexibility index (Phi) is 3.88. The van der Waals surface area contributed by atoms with E-state index in [1.165, 1.54) is 5.56 Å². The fourth-order valence-electron chi connectivity index (χ4n) is 3.99. The molecule has 2 atom stereocenters. The van der Waals surface area contributed by atoms with E-state index in [0.717, 1.165) is 38.3 Å². The summed E-state index contributed by atoms with van der Waals surface area (Å²) in [5.74, 6) is 1.45. The molecule has 2 fully saturated rings. The second-order valence-corrected chi connectivity index (χ2v) is 6.78. The van der Waals surface area contributed by atoms with Gasteiger partial charge in [0.2, 0.25) is 0 Å². The molecule has 2 aromatic rings. The number of amides is 1. The highest BCUT2D eigenvalue weighted by Gasteiger charge is 2.41. The highest BCUT2D eigenvalue weighted by molar-refractivity contribution is 5.94. The van der Waals surface area contributed by atoms with Gasteiger partial charge in [-0.2, -0.15) is 0 Å². The van der Waals surface area contributed by atoms with E-state index in [9.17, 15) is 4.79 Å². The second kappa shape index (κ2) is 6.17. The van der Waals surface area contributed by atoms with E-state index >= 15 is 0 Å². The van der Waals surface area contributed by atoms with Gasteiger partial charge in [-0.1, -0.05) is 48.5 Å². The summed E-state index contributed by atoms with van der Waals surface area (Å²) < 4.78 is 0. The summed E-state index contributed by atoms with van der Waals surface area (Å²) in [7, 11) is 0. The zero-order valence-corrected chi connectivity index (χ0v) is 13.3.